The van der Waals surface area contributed by atoms with E-state index in [-0.39, 0.29) is 5.91 Å². The Balaban J connectivity index is 1.52. The molecule has 1 atom stereocenters. The van der Waals surface area contributed by atoms with E-state index < -0.39 is 0 Å². The van der Waals surface area contributed by atoms with Gasteiger partial charge in [0.15, 0.2) is 5.69 Å². The minimum Gasteiger partial charge on any atom is -0.380 e. The molecule has 1 fully saturated rings. The van der Waals surface area contributed by atoms with Crippen LogP contribution in [0.4, 0.5) is 0 Å². The van der Waals surface area contributed by atoms with Crippen LogP contribution in [0.2, 0.25) is 0 Å². The third-order valence-electron chi connectivity index (χ3n) is 4.93. The highest BCUT2D eigenvalue weighted by Crippen LogP contribution is 2.17. The number of carbonyl (C=O) groups is 1. The Morgan fingerprint density at radius 1 is 1.36 bits per heavy atom. The Kier molecular flexibility index (Phi) is 6.23. The third-order valence-corrected chi connectivity index (χ3v) is 4.93. The molecule has 0 radical (unpaired) electrons. The van der Waals surface area contributed by atoms with Crippen LogP contribution in [0.25, 0.3) is 0 Å². The summed E-state index contributed by atoms with van der Waals surface area (Å²) >= 11 is 0. The van der Waals surface area contributed by atoms with Gasteiger partial charge in [-0.3, -0.25) is 19.3 Å². The van der Waals surface area contributed by atoms with Gasteiger partial charge in [0.1, 0.15) is 0 Å². The molecule has 0 saturated carbocycles. The first-order valence-electron chi connectivity index (χ1n) is 9.09. The number of carbonyl (C=O) groups excluding carboxylic acids is 1. The molecule has 3 heterocycles. The molecule has 0 aromatic carbocycles. The second-order valence-corrected chi connectivity index (χ2v) is 6.87. The van der Waals surface area contributed by atoms with Crippen molar-refractivity contribution in [3.05, 3.63) is 29.6 Å². The van der Waals surface area contributed by atoms with Gasteiger partial charge in [-0.15, -0.1) is 0 Å². The molecule has 1 aromatic heterocycles. The zero-order valence-corrected chi connectivity index (χ0v) is 15.3. The van der Waals surface area contributed by atoms with Crippen LogP contribution < -0.4 is 5.32 Å². The van der Waals surface area contributed by atoms with Crippen LogP contribution in [0.15, 0.2) is 18.3 Å². The molecule has 1 unspecified atom stereocenters. The predicted octanol–water partition coefficient (Wildman–Crippen LogP) is 0.633. The van der Waals surface area contributed by atoms with Gasteiger partial charge < -0.3 is 10.1 Å². The molecule has 138 valence electrons. The van der Waals surface area contributed by atoms with Crippen molar-refractivity contribution in [3.63, 3.8) is 0 Å². The van der Waals surface area contributed by atoms with Crippen LogP contribution in [0.1, 0.15) is 28.9 Å². The number of hydrogen-bond acceptors (Lipinski definition) is 5. The summed E-state index contributed by atoms with van der Waals surface area (Å²) in [7, 11) is 3.62. The Hall–Kier alpha value is -1.70. The van der Waals surface area contributed by atoms with E-state index in [1.54, 1.807) is 11.8 Å². The Morgan fingerprint density at radius 3 is 2.96 bits per heavy atom. The van der Waals surface area contributed by atoms with E-state index in [0.29, 0.717) is 18.3 Å². The molecule has 2 aliphatic rings. The van der Waals surface area contributed by atoms with Gasteiger partial charge >= 0.3 is 0 Å². The SMILES string of the molecule is COC1CCN(Cc2cn(C)nc2C(=O)NCCN2CC=CCC2)C1. The lowest BCUT2D eigenvalue weighted by molar-refractivity contribution is 0.0940. The van der Waals surface area contributed by atoms with Gasteiger partial charge in [0, 0.05) is 71.7 Å². The topological polar surface area (TPSA) is 62.6 Å². The normalized spacial score (nSPS) is 21.8. The van der Waals surface area contributed by atoms with Crippen molar-refractivity contribution >= 4 is 5.91 Å². The van der Waals surface area contributed by atoms with E-state index >= 15 is 0 Å². The summed E-state index contributed by atoms with van der Waals surface area (Å²) in [6, 6.07) is 0. The first kappa shape index (κ1) is 18.1. The average Bonchev–Trinajstić information content (AvgIpc) is 3.22. The van der Waals surface area contributed by atoms with E-state index in [0.717, 1.165) is 57.7 Å². The fourth-order valence-electron chi connectivity index (χ4n) is 3.52. The quantitative estimate of drug-likeness (QED) is 0.733. The monoisotopic (exact) mass is 347 g/mol. The molecule has 1 aromatic rings. The van der Waals surface area contributed by atoms with Gasteiger partial charge in [0.25, 0.3) is 5.91 Å². The minimum absolute atomic E-state index is 0.0781. The van der Waals surface area contributed by atoms with Crippen molar-refractivity contribution in [2.75, 3.05) is 46.4 Å². The van der Waals surface area contributed by atoms with Gasteiger partial charge in [0.2, 0.25) is 0 Å². The fourth-order valence-corrected chi connectivity index (χ4v) is 3.52. The van der Waals surface area contributed by atoms with Crippen molar-refractivity contribution in [2.24, 2.45) is 7.05 Å². The molecule has 7 nitrogen and oxygen atoms in total. The third kappa shape index (κ3) is 4.90. The summed E-state index contributed by atoms with van der Waals surface area (Å²) in [6.07, 6.45) is 8.78. The highest BCUT2D eigenvalue weighted by atomic mass is 16.5. The number of ether oxygens (including phenoxy) is 1. The molecule has 1 N–H and O–H groups in total. The second-order valence-electron chi connectivity index (χ2n) is 6.87. The summed E-state index contributed by atoms with van der Waals surface area (Å²) in [5, 5.41) is 7.40. The zero-order chi connectivity index (χ0) is 17.6. The molecule has 0 aliphatic carbocycles. The summed E-state index contributed by atoms with van der Waals surface area (Å²) in [6.45, 7) is 6.22. The largest absolute Gasteiger partial charge is 0.380 e. The van der Waals surface area contributed by atoms with Crippen LogP contribution in [0, 0.1) is 0 Å². The van der Waals surface area contributed by atoms with Crippen LogP contribution in [-0.2, 0) is 18.3 Å². The van der Waals surface area contributed by atoms with Crippen LogP contribution >= 0.6 is 0 Å². The number of likely N-dealkylation sites (tertiary alicyclic amines) is 1. The van der Waals surface area contributed by atoms with Crippen molar-refractivity contribution < 1.29 is 9.53 Å². The van der Waals surface area contributed by atoms with Crippen LogP contribution in [0.3, 0.4) is 0 Å². The van der Waals surface area contributed by atoms with Crippen LogP contribution in [0.5, 0.6) is 0 Å². The highest BCUT2D eigenvalue weighted by Gasteiger charge is 2.25. The second kappa shape index (κ2) is 8.60. The molecule has 2 aliphatic heterocycles. The number of hydrogen-bond donors (Lipinski definition) is 1. The van der Waals surface area contributed by atoms with Crippen molar-refractivity contribution in [1.29, 1.82) is 0 Å². The smallest absolute Gasteiger partial charge is 0.272 e. The van der Waals surface area contributed by atoms with Crippen molar-refractivity contribution in [2.45, 2.75) is 25.5 Å². The molecule has 25 heavy (non-hydrogen) atoms. The summed E-state index contributed by atoms with van der Waals surface area (Å²) in [4.78, 5) is 17.2. The van der Waals surface area contributed by atoms with Gasteiger partial charge in [-0.05, 0) is 12.8 Å². The molecule has 1 amide bonds. The summed E-state index contributed by atoms with van der Waals surface area (Å²) in [5.74, 6) is -0.0781. The fraction of sp³-hybridized carbons (Fsp3) is 0.667. The maximum atomic E-state index is 12.6. The molecule has 7 heteroatoms. The lowest BCUT2D eigenvalue weighted by Crippen LogP contribution is -2.37. The highest BCUT2D eigenvalue weighted by molar-refractivity contribution is 5.93. The lowest BCUT2D eigenvalue weighted by atomic mass is 10.2. The van der Waals surface area contributed by atoms with Gasteiger partial charge in [0.05, 0.1) is 6.10 Å². The van der Waals surface area contributed by atoms with E-state index in [1.807, 2.05) is 13.2 Å². The number of aromatic nitrogens is 2. The maximum absolute atomic E-state index is 12.6. The Labute approximate surface area is 149 Å². The zero-order valence-electron chi connectivity index (χ0n) is 15.3. The van der Waals surface area contributed by atoms with Crippen molar-refractivity contribution in [1.82, 2.24) is 24.9 Å². The van der Waals surface area contributed by atoms with E-state index in [1.165, 1.54) is 0 Å². The molecule has 0 bridgehead atoms. The number of nitrogens with one attached hydrogen (secondary N) is 1. The lowest BCUT2D eigenvalue weighted by Gasteiger charge is -2.22. The molecular formula is C18H29N5O2. The average molecular weight is 347 g/mol. The maximum Gasteiger partial charge on any atom is 0.272 e. The first-order valence-corrected chi connectivity index (χ1v) is 9.09. The summed E-state index contributed by atoms with van der Waals surface area (Å²) < 4.78 is 7.15. The number of rotatable bonds is 7. The first-order chi connectivity index (χ1) is 12.2. The van der Waals surface area contributed by atoms with Crippen LogP contribution in [-0.4, -0.2) is 78.0 Å². The molecular weight excluding hydrogens is 318 g/mol. The predicted molar refractivity (Wildman–Crippen MR) is 96.4 cm³/mol. The number of amides is 1. The van der Waals surface area contributed by atoms with Gasteiger partial charge in [-0.25, -0.2) is 0 Å². The molecule has 0 spiro atoms. The van der Waals surface area contributed by atoms with E-state index in [9.17, 15) is 4.79 Å². The molecule has 1 saturated heterocycles. The Morgan fingerprint density at radius 2 is 2.24 bits per heavy atom. The Bertz CT molecular complexity index is 613. The number of nitrogens with zero attached hydrogens (tertiary/aromatic N) is 4. The standard InChI is InChI=1S/C18H29N5O2/c1-21-12-15(13-23-10-6-16(14-23)25-2)17(20-21)18(24)19-7-11-22-8-4-3-5-9-22/h3-4,12,16H,5-11,13-14H2,1-2H3,(H,19,24). The summed E-state index contributed by atoms with van der Waals surface area (Å²) in [5.41, 5.74) is 1.53. The van der Waals surface area contributed by atoms with Gasteiger partial charge in [-0.1, -0.05) is 12.2 Å². The van der Waals surface area contributed by atoms with E-state index in [2.05, 4.69) is 32.4 Å². The van der Waals surface area contributed by atoms with E-state index in [4.69, 9.17) is 4.74 Å². The number of aryl methyl sites for hydroxylation is 1. The number of methoxy groups -OCH3 is 1. The van der Waals surface area contributed by atoms with Gasteiger partial charge in [-0.2, -0.15) is 5.10 Å². The van der Waals surface area contributed by atoms with Crippen molar-refractivity contribution in [3.8, 4) is 0 Å². The minimum atomic E-state index is -0.0781. The molecule has 3 rings (SSSR count).